The molecule has 1 aromatic heterocycles. The zero-order chi connectivity index (χ0) is 18.5. The van der Waals surface area contributed by atoms with Crippen LogP contribution in [-0.4, -0.2) is 81.6 Å². The predicted molar refractivity (Wildman–Crippen MR) is 91.4 cm³/mol. The maximum absolute atomic E-state index is 12.5. The van der Waals surface area contributed by atoms with Crippen molar-refractivity contribution in [3.63, 3.8) is 0 Å². The van der Waals surface area contributed by atoms with Gasteiger partial charge < -0.3 is 30.3 Å². The number of aliphatic hydroxyl groups is 3. The molecule has 2 amide bonds. The van der Waals surface area contributed by atoms with Gasteiger partial charge in [-0.1, -0.05) is 0 Å². The van der Waals surface area contributed by atoms with Crippen molar-refractivity contribution in [1.29, 1.82) is 0 Å². The van der Waals surface area contributed by atoms with Crippen LogP contribution >= 0.6 is 0 Å². The SMILES string of the molecule is C[C@@]1(O)[C@H](O)C(O)O[C@H]1N1Cc2c(N3CCNCC3)ccnc2NC1=O. The molecule has 0 spiro atoms. The Labute approximate surface area is 150 Å². The first-order valence-corrected chi connectivity index (χ1v) is 8.64. The molecule has 3 aliphatic rings. The molecule has 0 aliphatic carbocycles. The zero-order valence-electron chi connectivity index (χ0n) is 14.4. The van der Waals surface area contributed by atoms with E-state index >= 15 is 0 Å². The van der Waals surface area contributed by atoms with Crippen molar-refractivity contribution in [2.75, 3.05) is 36.4 Å². The third kappa shape index (κ3) is 2.70. The highest BCUT2D eigenvalue weighted by molar-refractivity contribution is 5.92. The summed E-state index contributed by atoms with van der Waals surface area (Å²) in [5.74, 6) is 0.473. The molecule has 142 valence electrons. The summed E-state index contributed by atoms with van der Waals surface area (Å²) in [7, 11) is 0. The van der Waals surface area contributed by atoms with Crippen LogP contribution in [0.1, 0.15) is 12.5 Å². The molecule has 0 aromatic carbocycles. The zero-order valence-corrected chi connectivity index (χ0v) is 14.4. The molecule has 5 N–H and O–H groups in total. The highest BCUT2D eigenvalue weighted by atomic mass is 16.7. The second-order valence-corrected chi connectivity index (χ2v) is 7.00. The lowest BCUT2D eigenvalue weighted by atomic mass is 9.98. The molecule has 3 aliphatic heterocycles. The van der Waals surface area contributed by atoms with Gasteiger partial charge in [-0.3, -0.25) is 10.2 Å². The Hall–Kier alpha value is -1.98. The number of aliphatic hydroxyl groups excluding tert-OH is 2. The molecule has 0 bridgehead atoms. The lowest BCUT2D eigenvalue weighted by molar-refractivity contribution is -0.155. The molecule has 4 heterocycles. The molecule has 1 unspecified atom stereocenters. The van der Waals surface area contributed by atoms with Crippen molar-refractivity contribution in [1.82, 2.24) is 15.2 Å². The second-order valence-electron chi connectivity index (χ2n) is 7.00. The minimum Gasteiger partial charge on any atom is -0.385 e. The molecular weight excluding hydrogens is 342 g/mol. The summed E-state index contributed by atoms with van der Waals surface area (Å²) in [6.45, 7) is 4.88. The van der Waals surface area contributed by atoms with E-state index in [4.69, 9.17) is 4.74 Å². The van der Waals surface area contributed by atoms with Crippen LogP contribution in [0.15, 0.2) is 12.3 Å². The van der Waals surface area contributed by atoms with Crippen LogP contribution in [0.4, 0.5) is 16.3 Å². The molecule has 2 fully saturated rings. The molecule has 10 nitrogen and oxygen atoms in total. The Morgan fingerprint density at radius 1 is 1.35 bits per heavy atom. The number of hydrogen-bond acceptors (Lipinski definition) is 8. The number of carbonyl (C=O) groups excluding carboxylic acids is 1. The summed E-state index contributed by atoms with van der Waals surface area (Å²) in [4.78, 5) is 20.3. The topological polar surface area (TPSA) is 130 Å². The van der Waals surface area contributed by atoms with Crippen LogP contribution in [0, 0.1) is 0 Å². The Morgan fingerprint density at radius 3 is 2.73 bits per heavy atom. The predicted octanol–water partition coefficient (Wildman–Crippen LogP) is -1.37. The number of rotatable bonds is 2. The highest BCUT2D eigenvalue weighted by Gasteiger charge is 2.56. The van der Waals surface area contributed by atoms with Crippen molar-refractivity contribution >= 4 is 17.5 Å². The quantitative estimate of drug-likeness (QED) is 0.434. The number of nitrogens with zero attached hydrogens (tertiary/aromatic N) is 3. The van der Waals surface area contributed by atoms with Gasteiger partial charge in [0.05, 0.1) is 6.54 Å². The van der Waals surface area contributed by atoms with Gasteiger partial charge in [-0.25, -0.2) is 9.78 Å². The standard InChI is InChI=1S/C16H23N5O5/c1-16(25)11(22)13(23)26-14(16)21-8-9-10(20-6-4-17-5-7-20)2-3-18-12(9)19-15(21)24/h2-3,11,13-14,17,22-23,25H,4-8H2,1H3,(H,18,19,24)/t11-,13?,14-,16-/m1/s1. The van der Waals surface area contributed by atoms with Gasteiger partial charge in [0.25, 0.3) is 0 Å². The lowest BCUT2D eigenvalue weighted by Gasteiger charge is -2.39. The summed E-state index contributed by atoms with van der Waals surface area (Å²) in [5, 5.41) is 36.3. The van der Waals surface area contributed by atoms with E-state index in [1.807, 2.05) is 6.07 Å². The molecule has 26 heavy (non-hydrogen) atoms. The number of hydrogen-bond donors (Lipinski definition) is 5. The third-order valence-electron chi connectivity index (χ3n) is 5.22. The molecule has 1 aromatic rings. The number of fused-ring (bicyclic) bond motifs is 1. The van der Waals surface area contributed by atoms with Crippen LogP contribution in [0.25, 0.3) is 0 Å². The number of aromatic nitrogens is 1. The molecule has 2 saturated heterocycles. The maximum atomic E-state index is 12.5. The van der Waals surface area contributed by atoms with E-state index < -0.39 is 30.3 Å². The van der Waals surface area contributed by atoms with Crippen LogP contribution in [-0.2, 0) is 11.3 Å². The van der Waals surface area contributed by atoms with E-state index in [0.717, 1.165) is 37.4 Å². The first kappa shape index (κ1) is 17.4. The first-order valence-electron chi connectivity index (χ1n) is 8.64. The number of ether oxygens (including phenoxy) is 1. The molecule has 4 atom stereocenters. The number of urea groups is 1. The largest absolute Gasteiger partial charge is 0.385 e. The van der Waals surface area contributed by atoms with E-state index in [-0.39, 0.29) is 6.54 Å². The first-order chi connectivity index (χ1) is 12.4. The van der Waals surface area contributed by atoms with Gasteiger partial charge in [0.15, 0.2) is 12.5 Å². The van der Waals surface area contributed by atoms with E-state index in [1.54, 1.807) is 6.20 Å². The van der Waals surface area contributed by atoms with Crippen LogP contribution in [0.5, 0.6) is 0 Å². The van der Waals surface area contributed by atoms with Crippen LogP contribution < -0.4 is 15.5 Å². The molecular formula is C16H23N5O5. The highest BCUT2D eigenvalue weighted by Crippen LogP contribution is 2.37. The Bertz CT molecular complexity index is 708. The summed E-state index contributed by atoms with van der Waals surface area (Å²) >= 11 is 0. The number of carbonyl (C=O) groups is 1. The van der Waals surface area contributed by atoms with E-state index in [1.165, 1.54) is 11.8 Å². The number of nitrogens with one attached hydrogen (secondary N) is 2. The third-order valence-corrected chi connectivity index (χ3v) is 5.22. The molecule has 10 heteroatoms. The summed E-state index contributed by atoms with van der Waals surface area (Å²) < 4.78 is 5.28. The lowest BCUT2D eigenvalue weighted by Crippen LogP contribution is -2.57. The molecule has 0 saturated carbocycles. The van der Waals surface area contributed by atoms with Gasteiger partial charge in [0, 0.05) is 43.6 Å². The van der Waals surface area contributed by atoms with Gasteiger partial charge in [0.2, 0.25) is 0 Å². The van der Waals surface area contributed by atoms with Gasteiger partial charge in [-0.15, -0.1) is 0 Å². The summed E-state index contributed by atoms with van der Waals surface area (Å²) in [6, 6.07) is 1.39. The normalized spacial score (nSPS) is 34.6. The maximum Gasteiger partial charge on any atom is 0.325 e. The monoisotopic (exact) mass is 365 g/mol. The van der Waals surface area contributed by atoms with Gasteiger partial charge in [-0.05, 0) is 13.0 Å². The Morgan fingerprint density at radius 2 is 2.08 bits per heavy atom. The number of pyridine rings is 1. The van der Waals surface area contributed by atoms with Gasteiger partial charge >= 0.3 is 6.03 Å². The van der Waals surface area contributed by atoms with E-state index in [2.05, 4.69) is 20.5 Å². The molecule has 4 rings (SSSR count). The average Bonchev–Trinajstić information content (AvgIpc) is 2.84. The van der Waals surface area contributed by atoms with Crippen LogP contribution in [0.2, 0.25) is 0 Å². The fraction of sp³-hybridized carbons (Fsp3) is 0.625. The van der Waals surface area contributed by atoms with Gasteiger partial charge in [0.1, 0.15) is 17.5 Å². The summed E-state index contributed by atoms with van der Waals surface area (Å²) in [5.41, 5.74) is -0.0319. The number of piperazine rings is 1. The fourth-order valence-corrected chi connectivity index (χ4v) is 3.72. The fourth-order valence-electron chi connectivity index (χ4n) is 3.72. The minimum absolute atomic E-state index is 0.147. The van der Waals surface area contributed by atoms with Crippen molar-refractivity contribution in [3.8, 4) is 0 Å². The van der Waals surface area contributed by atoms with E-state index in [0.29, 0.717) is 5.82 Å². The smallest absolute Gasteiger partial charge is 0.325 e. The average molecular weight is 365 g/mol. The van der Waals surface area contributed by atoms with Crippen molar-refractivity contribution in [3.05, 3.63) is 17.8 Å². The Kier molecular flexibility index (Phi) is 4.24. The van der Waals surface area contributed by atoms with Crippen LogP contribution in [0.3, 0.4) is 0 Å². The summed E-state index contributed by atoms with van der Waals surface area (Å²) in [6.07, 6.45) is -2.60. The Balaban J connectivity index is 1.66. The number of anilines is 2. The number of amides is 2. The minimum atomic E-state index is -1.80. The van der Waals surface area contributed by atoms with Crippen molar-refractivity contribution in [2.45, 2.75) is 37.7 Å². The van der Waals surface area contributed by atoms with Crippen molar-refractivity contribution < 1.29 is 24.9 Å². The van der Waals surface area contributed by atoms with E-state index in [9.17, 15) is 20.1 Å². The molecule has 0 radical (unpaired) electrons. The van der Waals surface area contributed by atoms with Gasteiger partial charge in [-0.2, -0.15) is 0 Å². The second kappa shape index (κ2) is 6.32. The van der Waals surface area contributed by atoms with Crippen molar-refractivity contribution in [2.24, 2.45) is 0 Å².